The van der Waals surface area contributed by atoms with Crippen molar-refractivity contribution in [1.29, 1.82) is 0 Å². The number of rotatable bonds is 2. The molecule has 2 amide bonds. The van der Waals surface area contributed by atoms with E-state index in [2.05, 4.69) is 10.3 Å². The molecule has 0 saturated carbocycles. The maximum atomic E-state index is 12.6. The highest BCUT2D eigenvalue weighted by molar-refractivity contribution is 6.08. The summed E-state index contributed by atoms with van der Waals surface area (Å²) in [6.45, 7) is -0.334. The summed E-state index contributed by atoms with van der Waals surface area (Å²) in [7, 11) is 0. The van der Waals surface area contributed by atoms with Crippen LogP contribution in [0.2, 0.25) is 0 Å². The summed E-state index contributed by atoms with van der Waals surface area (Å²) in [4.78, 5) is 39.5. The molecule has 0 radical (unpaired) electrons. The van der Waals surface area contributed by atoms with Crippen LogP contribution in [0.25, 0.3) is 10.9 Å². The van der Waals surface area contributed by atoms with Crippen LogP contribution in [0.15, 0.2) is 30.5 Å². The topological polar surface area (TPSA) is 103 Å². The summed E-state index contributed by atoms with van der Waals surface area (Å²) in [5, 5.41) is 12.4. The summed E-state index contributed by atoms with van der Waals surface area (Å²) < 4.78 is 0. The van der Waals surface area contributed by atoms with Gasteiger partial charge >= 0.3 is 5.97 Å². The first-order valence-corrected chi connectivity index (χ1v) is 6.44. The molecule has 21 heavy (non-hydrogen) atoms. The summed E-state index contributed by atoms with van der Waals surface area (Å²) in [5.74, 6) is -1.95. The number of hydrogen-bond donors (Lipinski definition) is 3. The number of carboxylic acid groups (broad SMARTS) is 1. The second kappa shape index (κ2) is 4.93. The Balaban J connectivity index is 2.01. The van der Waals surface area contributed by atoms with E-state index >= 15 is 0 Å². The van der Waals surface area contributed by atoms with Crippen LogP contribution < -0.4 is 5.32 Å². The van der Waals surface area contributed by atoms with E-state index in [-0.39, 0.29) is 19.0 Å². The van der Waals surface area contributed by atoms with Crippen molar-refractivity contribution in [3.8, 4) is 0 Å². The van der Waals surface area contributed by atoms with Crippen molar-refractivity contribution >= 4 is 28.7 Å². The highest BCUT2D eigenvalue weighted by Crippen LogP contribution is 2.20. The molecular weight excluding hydrogens is 274 g/mol. The molecule has 0 spiro atoms. The van der Waals surface area contributed by atoms with Gasteiger partial charge in [0.1, 0.15) is 12.6 Å². The van der Waals surface area contributed by atoms with Gasteiger partial charge in [0.25, 0.3) is 5.91 Å². The lowest BCUT2D eigenvalue weighted by atomic mass is 10.1. The molecule has 3 rings (SSSR count). The average Bonchev–Trinajstić information content (AvgIpc) is 2.94. The van der Waals surface area contributed by atoms with Gasteiger partial charge in [-0.25, -0.2) is 4.79 Å². The number of benzene rings is 1. The molecule has 7 nitrogen and oxygen atoms in total. The van der Waals surface area contributed by atoms with Crippen molar-refractivity contribution in [3.05, 3.63) is 36.0 Å². The van der Waals surface area contributed by atoms with Gasteiger partial charge in [-0.2, -0.15) is 0 Å². The third-order valence-corrected chi connectivity index (χ3v) is 3.55. The van der Waals surface area contributed by atoms with Crippen molar-refractivity contribution in [1.82, 2.24) is 15.2 Å². The van der Waals surface area contributed by atoms with Gasteiger partial charge in [0, 0.05) is 29.2 Å². The van der Waals surface area contributed by atoms with Gasteiger partial charge in [0.2, 0.25) is 5.91 Å². The molecule has 1 saturated heterocycles. The molecule has 7 heteroatoms. The zero-order chi connectivity index (χ0) is 15.0. The molecule has 0 aliphatic carbocycles. The second-order valence-electron chi connectivity index (χ2n) is 4.84. The SMILES string of the molecule is O=C1CN(C(=O)c2cccc3[nH]ccc23)C(C(=O)O)CN1. The van der Waals surface area contributed by atoms with Gasteiger partial charge in [-0.3, -0.25) is 9.59 Å². The number of carboxylic acids is 1. The number of amides is 2. The van der Waals surface area contributed by atoms with E-state index in [4.69, 9.17) is 0 Å². The third kappa shape index (κ3) is 2.22. The Morgan fingerprint density at radius 1 is 1.29 bits per heavy atom. The minimum absolute atomic E-state index is 0.0803. The van der Waals surface area contributed by atoms with E-state index in [9.17, 15) is 19.5 Å². The number of H-pyrrole nitrogens is 1. The lowest BCUT2D eigenvalue weighted by molar-refractivity contribution is -0.144. The smallest absolute Gasteiger partial charge is 0.328 e. The number of aromatic nitrogens is 1. The Hall–Kier alpha value is -2.83. The molecule has 1 aromatic carbocycles. The number of carbonyl (C=O) groups excluding carboxylic acids is 2. The molecule has 1 aromatic heterocycles. The van der Waals surface area contributed by atoms with Crippen molar-refractivity contribution in [2.45, 2.75) is 6.04 Å². The Kier molecular flexibility index (Phi) is 3.09. The van der Waals surface area contributed by atoms with Gasteiger partial charge in [-0.15, -0.1) is 0 Å². The summed E-state index contributed by atoms with van der Waals surface area (Å²) in [6.07, 6.45) is 1.71. The van der Waals surface area contributed by atoms with Gasteiger partial charge in [-0.05, 0) is 18.2 Å². The maximum absolute atomic E-state index is 12.6. The summed E-state index contributed by atoms with van der Waals surface area (Å²) in [5.41, 5.74) is 1.17. The molecule has 108 valence electrons. The largest absolute Gasteiger partial charge is 0.480 e. The quantitative estimate of drug-likeness (QED) is 0.733. The van der Waals surface area contributed by atoms with Crippen LogP contribution in [0.4, 0.5) is 0 Å². The molecule has 2 aromatic rings. The number of aliphatic carboxylic acids is 1. The highest BCUT2D eigenvalue weighted by atomic mass is 16.4. The molecule has 3 N–H and O–H groups in total. The Labute approximate surface area is 119 Å². The Bertz CT molecular complexity index is 737. The normalized spacial score (nSPS) is 18.6. The van der Waals surface area contributed by atoms with Gasteiger partial charge in [0.15, 0.2) is 0 Å². The zero-order valence-electron chi connectivity index (χ0n) is 11.0. The van der Waals surface area contributed by atoms with E-state index in [1.165, 1.54) is 0 Å². The third-order valence-electron chi connectivity index (χ3n) is 3.55. The van der Waals surface area contributed by atoms with Gasteiger partial charge < -0.3 is 20.3 Å². The van der Waals surface area contributed by atoms with Crippen LogP contribution in [0, 0.1) is 0 Å². The van der Waals surface area contributed by atoms with Gasteiger partial charge in [-0.1, -0.05) is 6.07 Å². The first-order chi connectivity index (χ1) is 10.1. The van der Waals surface area contributed by atoms with Crippen molar-refractivity contribution < 1.29 is 19.5 Å². The molecule has 0 bridgehead atoms. The summed E-state index contributed by atoms with van der Waals surface area (Å²) >= 11 is 0. The average molecular weight is 287 g/mol. The Morgan fingerprint density at radius 2 is 2.10 bits per heavy atom. The fourth-order valence-electron chi connectivity index (χ4n) is 2.50. The Morgan fingerprint density at radius 3 is 2.86 bits per heavy atom. The van der Waals surface area contributed by atoms with Crippen LogP contribution in [-0.2, 0) is 9.59 Å². The molecule has 1 atom stereocenters. The van der Waals surface area contributed by atoms with Gasteiger partial charge in [0.05, 0.1) is 0 Å². The number of piperazine rings is 1. The first-order valence-electron chi connectivity index (χ1n) is 6.44. The predicted molar refractivity (Wildman–Crippen MR) is 73.8 cm³/mol. The van der Waals surface area contributed by atoms with E-state index in [0.717, 1.165) is 10.4 Å². The minimum atomic E-state index is -1.13. The molecule has 1 aliphatic heterocycles. The van der Waals surface area contributed by atoms with Crippen molar-refractivity contribution in [3.63, 3.8) is 0 Å². The standard InChI is InChI=1S/C14H13N3O4/c18-12-7-17(11(6-16-12)14(20)21)13(19)9-2-1-3-10-8(9)4-5-15-10/h1-5,11,15H,6-7H2,(H,16,18)(H,20,21). The van der Waals surface area contributed by atoms with Crippen LogP contribution in [0.5, 0.6) is 0 Å². The van der Waals surface area contributed by atoms with Crippen molar-refractivity contribution in [2.75, 3.05) is 13.1 Å². The maximum Gasteiger partial charge on any atom is 0.328 e. The number of fused-ring (bicyclic) bond motifs is 1. The summed E-state index contributed by atoms with van der Waals surface area (Å²) in [6, 6.07) is 5.87. The number of nitrogens with zero attached hydrogens (tertiary/aromatic N) is 1. The molecular formula is C14H13N3O4. The lowest BCUT2D eigenvalue weighted by Gasteiger charge is -2.32. The monoisotopic (exact) mass is 287 g/mol. The van der Waals surface area contributed by atoms with Crippen LogP contribution >= 0.6 is 0 Å². The van der Waals surface area contributed by atoms with Crippen LogP contribution in [0.3, 0.4) is 0 Å². The fourth-order valence-corrected chi connectivity index (χ4v) is 2.50. The molecule has 1 unspecified atom stereocenters. The lowest BCUT2D eigenvalue weighted by Crippen LogP contribution is -2.59. The van der Waals surface area contributed by atoms with Crippen LogP contribution in [0.1, 0.15) is 10.4 Å². The molecule has 2 heterocycles. The highest BCUT2D eigenvalue weighted by Gasteiger charge is 2.36. The zero-order valence-corrected chi connectivity index (χ0v) is 11.0. The number of carbonyl (C=O) groups is 3. The van der Waals surface area contributed by atoms with E-state index < -0.39 is 17.9 Å². The number of nitrogens with one attached hydrogen (secondary N) is 2. The predicted octanol–water partition coefficient (Wildman–Crippen LogP) is 0.193. The minimum Gasteiger partial charge on any atom is -0.480 e. The van der Waals surface area contributed by atoms with Crippen molar-refractivity contribution in [2.24, 2.45) is 0 Å². The van der Waals surface area contributed by atoms with E-state index in [1.807, 2.05) is 6.07 Å². The fraction of sp³-hybridized carbons (Fsp3) is 0.214. The number of hydrogen-bond acceptors (Lipinski definition) is 3. The number of aromatic amines is 1. The first kappa shape index (κ1) is 13.2. The van der Waals surface area contributed by atoms with Crippen LogP contribution in [-0.4, -0.2) is 51.9 Å². The molecule has 1 fully saturated rings. The van der Waals surface area contributed by atoms with E-state index in [0.29, 0.717) is 10.9 Å². The second-order valence-corrected chi connectivity index (χ2v) is 4.84. The molecule has 1 aliphatic rings. The van der Waals surface area contributed by atoms with E-state index in [1.54, 1.807) is 24.4 Å².